The van der Waals surface area contributed by atoms with E-state index in [1.807, 2.05) is 17.0 Å². The highest BCUT2D eigenvalue weighted by Gasteiger charge is 2.44. The number of thiophene rings is 1. The molecule has 2 aliphatic heterocycles. The zero-order valence-electron chi connectivity index (χ0n) is 15.6. The lowest BCUT2D eigenvalue weighted by Crippen LogP contribution is -2.48. The number of ether oxygens (including phenoxy) is 1. The molecule has 2 aromatic rings. The summed E-state index contributed by atoms with van der Waals surface area (Å²) in [7, 11) is 0. The molecular weight excluding hydrogens is 374 g/mol. The average molecular weight is 397 g/mol. The van der Waals surface area contributed by atoms with E-state index in [4.69, 9.17) is 4.74 Å². The van der Waals surface area contributed by atoms with E-state index in [9.17, 15) is 14.7 Å². The molecule has 1 unspecified atom stereocenters. The predicted octanol–water partition coefficient (Wildman–Crippen LogP) is 3.57. The second kappa shape index (κ2) is 6.71. The number of rotatable bonds is 2. The van der Waals surface area contributed by atoms with Crippen molar-refractivity contribution in [2.45, 2.75) is 43.6 Å². The SMILES string of the molecule is O=C(O)c1cc2c(s1)C1(CCN(C(=O)C3CCc4ccccc43)CC1)OCC2. The van der Waals surface area contributed by atoms with Crippen LogP contribution in [-0.2, 0) is 28.0 Å². The van der Waals surface area contributed by atoms with Gasteiger partial charge in [0.05, 0.1) is 12.5 Å². The Hall–Kier alpha value is -2.18. The number of carbonyl (C=O) groups is 2. The monoisotopic (exact) mass is 397 g/mol. The van der Waals surface area contributed by atoms with Crippen LogP contribution in [-0.4, -0.2) is 41.6 Å². The number of piperidine rings is 1. The van der Waals surface area contributed by atoms with Gasteiger partial charge in [0.25, 0.3) is 0 Å². The number of aromatic carboxylic acids is 1. The van der Waals surface area contributed by atoms with Gasteiger partial charge in [0.2, 0.25) is 5.91 Å². The first-order valence-corrected chi connectivity index (χ1v) is 10.8. The minimum atomic E-state index is -0.873. The predicted molar refractivity (Wildman–Crippen MR) is 106 cm³/mol. The maximum atomic E-state index is 13.2. The average Bonchev–Trinajstić information content (AvgIpc) is 3.34. The van der Waals surface area contributed by atoms with Crippen molar-refractivity contribution in [3.63, 3.8) is 0 Å². The Morgan fingerprint density at radius 1 is 1.14 bits per heavy atom. The van der Waals surface area contributed by atoms with Gasteiger partial charge in [-0.15, -0.1) is 11.3 Å². The summed E-state index contributed by atoms with van der Waals surface area (Å²) in [6.07, 6.45) is 4.11. The highest BCUT2D eigenvalue weighted by atomic mass is 32.1. The lowest BCUT2D eigenvalue weighted by atomic mass is 9.84. The third kappa shape index (κ3) is 2.78. The van der Waals surface area contributed by atoms with Crippen LogP contribution in [0, 0.1) is 0 Å². The number of nitrogens with zero attached hydrogens (tertiary/aromatic N) is 1. The summed E-state index contributed by atoms with van der Waals surface area (Å²) in [5.41, 5.74) is 3.18. The quantitative estimate of drug-likeness (QED) is 0.841. The number of amides is 1. The fourth-order valence-electron chi connectivity index (χ4n) is 5.02. The summed E-state index contributed by atoms with van der Waals surface area (Å²) in [5.74, 6) is -0.663. The van der Waals surface area contributed by atoms with Crippen molar-refractivity contribution in [1.82, 2.24) is 4.90 Å². The Kier molecular flexibility index (Phi) is 4.29. The van der Waals surface area contributed by atoms with Gasteiger partial charge in [-0.1, -0.05) is 24.3 Å². The minimum absolute atomic E-state index is 0.0200. The zero-order chi connectivity index (χ0) is 19.3. The van der Waals surface area contributed by atoms with Gasteiger partial charge in [0, 0.05) is 18.0 Å². The van der Waals surface area contributed by atoms with Crippen LogP contribution >= 0.6 is 11.3 Å². The first kappa shape index (κ1) is 17.9. The van der Waals surface area contributed by atoms with E-state index in [0.29, 0.717) is 24.6 Å². The number of likely N-dealkylation sites (tertiary alicyclic amines) is 1. The van der Waals surface area contributed by atoms with E-state index in [2.05, 4.69) is 12.1 Å². The van der Waals surface area contributed by atoms with E-state index in [1.54, 1.807) is 6.07 Å². The lowest BCUT2D eigenvalue weighted by molar-refractivity contribution is -0.141. The first-order valence-electron chi connectivity index (χ1n) is 9.94. The van der Waals surface area contributed by atoms with E-state index in [0.717, 1.165) is 42.5 Å². The zero-order valence-corrected chi connectivity index (χ0v) is 16.5. The van der Waals surface area contributed by atoms with Crippen molar-refractivity contribution in [2.24, 2.45) is 0 Å². The molecule has 1 atom stereocenters. The molecule has 0 bridgehead atoms. The summed E-state index contributed by atoms with van der Waals surface area (Å²) >= 11 is 1.35. The van der Waals surface area contributed by atoms with E-state index >= 15 is 0 Å². The van der Waals surface area contributed by atoms with Gasteiger partial charge in [0.1, 0.15) is 10.5 Å². The van der Waals surface area contributed by atoms with Crippen molar-refractivity contribution in [1.29, 1.82) is 0 Å². The molecule has 3 heterocycles. The molecule has 1 aromatic carbocycles. The smallest absolute Gasteiger partial charge is 0.345 e. The van der Waals surface area contributed by atoms with Crippen LogP contribution in [0.2, 0.25) is 0 Å². The molecular formula is C22H23NO4S. The molecule has 1 fully saturated rings. The largest absolute Gasteiger partial charge is 0.477 e. The third-order valence-electron chi connectivity index (χ3n) is 6.50. The van der Waals surface area contributed by atoms with Crippen molar-refractivity contribution >= 4 is 23.2 Å². The molecule has 5 nitrogen and oxygen atoms in total. The number of carboxylic acid groups (broad SMARTS) is 1. The summed E-state index contributed by atoms with van der Waals surface area (Å²) in [6, 6.07) is 10.1. The van der Waals surface area contributed by atoms with Crippen LogP contribution in [0.5, 0.6) is 0 Å². The molecule has 1 N–H and O–H groups in total. The van der Waals surface area contributed by atoms with Gasteiger partial charge in [0.15, 0.2) is 0 Å². The van der Waals surface area contributed by atoms with Gasteiger partial charge < -0.3 is 14.7 Å². The fourth-order valence-corrected chi connectivity index (χ4v) is 6.27. The van der Waals surface area contributed by atoms with E-state index < -0.39 is 11.6 Å². The minimum Gasteiger partial charge on any atom is -0.477 e. The van der Waals surface area contributed by atoms with Gasteiger partial charge in [-0.3, -0.25) is 4.79 Å². The summed E-state index contributed by atoms with van der Waals surface area (Å²) in [6.45, 7) is 1.95. The maximum Gasteiger partial charge on any atom is 0.345 e. The van der Waals surface area contributed by atoms with Crippen molar-refractivity contribution in [2.75, 3.05) is 19.7 Å². The molecule has 146 valence electrons. The van der Waals surface area contributed by atoms with E-state index in [-0.39, 0.29) is 11.8 Å². The van der Waals surface area contributed by atoms with Crippen LogP contribution in [0.15, 0.2) is 30.3 Å². The molecule has 6 heteroatoms. The van der Waals surface area contributed by atoms with Crippen LogP contribution in [0.3, 0.4) is 0 Å². The standard InChI is InChI=1S/C22H23NO4S/c24-20(17-6-5-14-3-1-2-4-16(14)17)23-10-8-22(9-11-23)19-15(7-12-27-22)13-18(28-19)21(25)26/h1-4,13,17H,5-12H2,(H,25,26). The molecule has 1 saturated heterocycles. The number of hydrogen-bond acceptors (Lipinski definition) is 4. The number of fused-ring (bicyclic) bond motifs is 3. The molecule has 1 aromatic heterocycles. The first-order chi connectivity index (χ1) is 13.6. The van der Waals surface area contributed by atoms with Crippen molar-refractivity contribution in [3.05, 3.63) is 56.8 Å². The number of aryl methyl sites for hydroxylation is 1. The number of benzene rings is 1. The maximum absolute atomic E-state index is 13.2. The van der Waals surface area contributed by atoms with Crippen LogP contribution in [0.1, 0.15) is 56.4 Å². The summed E-state index contributed by atoms with van der Waals surface area (Å²) < 4.78 is 6.22. The summed E-state index contributed by atoms with van der Waals surface area (Å²) in [4.78, 5) is 28.0. The van der Waals surface area contributed by atoms with E-state index in [1.165, 1.54) is 22.5 Å². The number of carbonyl (C=O) groups excluding carboxylic acids is 1. The lowest BCUT2D eigenvalue weighted by Gasteiger charge is -2.44. The highest BCUT2D eigenvalue weighted by molar-refractivity contribution is 7.14. The Morgan fingerprint density at radius 2 is 1.93 bits per heavy atom. The third-order valence-corrected chi connectivity index (χ3v) is 7.85. The molecule has 5 rings (SSSR count). The molecule has 1 spiro atoms. The Morgan fingerprint density at radius 3 is 2.71 bits per heavy atom. The molecule has 1 amide bonds. The van der Waals surface area contributed by atoms with Crippen molar-refractivity contribution in [3.8, 4) is 0 Å². The molecule has 0 saturated carbocycles. The second-order valence-corrected chi connectivity index (χ2v) is 9.03. The molecule has 28 heavy (non-hydrogen) atoms. The van der Waals surface area contributed by atoms with Gasteiger partial charge >= 0.3 is 5.97 Å². The van der Waals surface area contributed by atoms with Crippen LogP contribution in [0.25, 0.3) is 0 Å². The summed E-state index contributed by atoms with van der Waals surface area (Å²) in [5, 5.41) is 9.35. The van der Waals surface area contributed by atoms with Crippen LogP contribution < -0.4 is 0 Å². The normalized spacial score (nSPS) is 22.7. The Balaban J connectivity index is 1.34. The number of hydrogen-bond donors (Lipinski definition) is 1. The Labute approximate surface area is 167 Å². The molecule has 0 radical (unpaired) electrons. The highest BCUT2D eigenvalue weighted by Crippen LogP contribution is 2.46. The van der Waals surface area contributed by atoms with Gasteiger partial charge in [-0.2, -0.15) is 0 Å². The van der Waals surface area contributed by atoms with Gasteiger partial charge in [-0.25, -0.2) is 4.79 Å². The molecule has 1 aliphatic carbocycles. The van der Waals surface area contributed by atoms with Crippen LogP contribution in [0.4, 0.5) is 0 Å². The number of carboxylic acids is 1. The molecule has 3 aliphatic rings. The topological polar surface area (TPSA) is 66.8 Å². The Bertz CT molecular complexity index is 942. The van der Waals surface area contributed by atoms with Crippen molar-refractivity contribution < 1.29 is 19.4 Å². The fraction of sp³-hybridized carbons (Fsp3) is 0.455. The van der Waals surface area contributed by atoms with Gasteiger partial charge in [-0.05, 0) is 54.9 Å². The second-order valence-electron chi connectivity index (χ2n) is 7.98.